The molecule has 1 aliphatic rings. The smallest absolute Gasteiger partial charge is 0.252 e. The topological polar surface area (TPSA) is 86.3 Å². The maximum Gasteiger partial charge on any atom is 0.252 e. The van der Waals surface area contributed by atoms with Crippen molar-refractivity contribution >= 4 is 16.9 Å². The van der Waals surface area contributed by atoms with Crippen molar-refractivity contribution in [3.05, 3.63) is 17.7 Å². The molecule has 1 saturated heterocycles. The molecule has 0 saturated carbocycles. The molecule has 124 valence electrons. The second-order valence-corrected chi connectivity index (χ2v) is 5.96. The first kappa shape index (κ1) is 15.7. The summed E-state index contributed by atoms with van der Waals surface area (Å²) >= 11 is 0. The molecule has 0 radical (unpaired) electrons. The van der Waals surface area contributed by atoms with E-state index in [0.717, 1.165) is 31.6 Å². The number of likely N-dealkylation sites (tertiary alicyclic amines) is 1. The molecule has 0 aliphatic carbocycles. The minimum Gasteiger partial charge on any atom is -0.493 e. The summed E-state index contributed by atoms with van der Waals surface area (Å²) in [6.45, 7) is 5.33. The number of methoxy groups -OCH3 is 1. The van der Waals surface area contributed by atoms with Crippen LogP contribution in [0.3, 0.4) is 0 Å². The van der Waals surface area contributed by atoms with E-state index in [-0.39, 0.29) is 6.04 Å². The number of nitrogens with two attached hydrogens (primary N) is 1. The highest BCUT2D eigenvalue weighted by Crippen LogP contribution is 2.31. The molecule has 0 spiro atoms. The largest absolute Gasteiger partial charge is 0.493 e. The number of carbonyl (C=O) groups excluding carboxylic acids is 1. The van der Waals surface area contributed by atoms with Crippen molar-refractivity contribution < 1.29 is 9.53 Å². The van der Waals surface area contributed by atoms with Crippen molar-refractivity contribution in [2.24, 2.45) is 5.73 Å². The number of nitrogens with zero attached hydrogens (tertiary/aromatic N) is 4. The Morgan fingerprint density at radius 1 is 1.43 bits per heavy atom. The molecule has 1 atom stereocenters. The predicted octanol–water partition coefficient (Wildman–Crippen LogP) is 1.59. The van der Waals surface area contributed by atoms with Gasteiger partial charge in [0.1, 0.15) is 0 Å². The van der Waals surface area contributed by atoms with Gasteiger partial charge in [0.15, 0.2) is 11.3 Å². The molecule has 1 aromatic heterocycles. The molecule has 1 unspecified atom stereocenters. The third kappa shape index (κ3) is 2.88. The van der Waals surface area contributed by atoms with E-state index >= 15 is 0 Å². The zero-order valence-corrected chi connectivity index (χ0v) is 13.7. The molecule has 7 nitrogen and oxygen atoms in total. The number of hydrogen-bond donors (Lipinski definition) is 1. The second kappa shape index (κ2) is 6.54. The number of benzene rings is 1. The number of ether oxygens (including phenoxy) is 1. The third-order valence-electron chi connectivity index (χ3n) is 4.59. The van der Waals surface area contributed by atoms with Crippen molar-refractivity contribution in [3.8, 4) is 5.75 Å². The Bertz CT molecular complexity index is 712. The molecule has 0 bridgehead atoms. The fourth-order valence-corrected chi connectivity index (χ4v) is 3.34. The van der Waals surface area contributed by atoms with Gasteiger partial charge in [-0.2, -0.15) is 0 Å². The standard InChI is InChI=1S/C16H23N5O2/c1-3-20-9-5-4-6-11(10-20)21-13-8-7-12(16(17)22)15(23-2)14(13)18-19-21/h7-8,11H,3-6,9-10H2,1-2H3,(H2,17,22). The maximum atomic E-state index is 11.5. The summed E-state index contributed by atoms with van der Waals surface area (Å²) in [6.07, 6.45) is 3.47. The third-order valence-corrected chi connectivity index (χ3v) is 4.59. The summed E-state index contributed by atoms with van der Waals surface area (Å²) in [7, 11) is 1.52. The van der Waals surface area contributed by atoms with Crippen LogP contribution in [0.5, 0.6) is 5.75 Å². The van der Waals surface area contributed by atoms with Gasteiger partial charge < -0.3 is 15.4 Å². The average Bonchev–Trinajstić information content (AvgIpc) is 2.84. The Morgan fingerprint density at radius 2 is 2.26 bits per heavy atom. The monoisotopic (exact) mass is 317 g/mol. The van der Waals surface area contributed by atoms with Crippen LogP contribution in [0.2, 0.25) is 0 Å². The molecule has 2 N–H and O–H groups in total. The van der Waals surface area contributed by atoms with Gasteiger partial charge in [0.2, 0.25) is 0 Å². The van der Waals surface area contributed by atoms with Gasteiger partial charge in [-0.25, -0.2) is 4.68 Å². The van der Waals surface area contributed by atoms with Crippen LogP contribution in [-0.2, 0) is 0 Å². The Kier molecular flexibility index (Phi) is 4.47. The number of hydrogen-bond acceptors (Lipinski definition) is 5. The summed E-state index contributed by atoms with van der Waals surface area (Å²) in [4.78, 5) is 14.0. The van der Waals surface area contributed by atoms with Gasteiger partial charge in [0.05, 0.1) is 24.2 Å². The zero-order chi connectivity index (χ0) is 16.4. The molecule has 3 rings (SSSR count). The Balaban J connectivity index is 2.04. The van der Waals surface area contributed by atoms with Crippen LogP contribution >= 0.6 is 0 Å². The van der Waals surface area contributed by atoms with Gasteiger partial charge in [-0.1, -0.05) is 18.6 Å². The molecule has 1 aliphatic heterocycles. The van der Waals surface area contributed by atoms with E-state index in [1.165, 1.54) is 20.0 Å². The lowest BCUT2D eigenvalue weighted by Gasteiger charge is -2.23. The number of aromatic nitrogens is 3. The van der Waals surface area contributed by atoms with E-state index in [4.69, 9.17) is 10.5 Å². The number of primary amides is 1. The van der Waals surface area contributed by atoms with Crippen LogP contribution in [-0.4, -0.2) is 52.5 Å². The molecule has 2 aromatic rings. The highest BCUT2D eigenvalue weighted by Gasteiger charge is 2.24. The lowest BCUT2D eigenvalue weighted by Crippen LogP contribution is -2.30. The first-order chi connectivity index (χ1) is 11.2. The van der Waals surface area contributed by atoms with Crippen LogP contribution < -0.4 is 10.5 Å². The molecule has 23 heavy (non-hydrogen) atoms. The van der Waals surface area contributed by atoms with E-state index in [1.807, 2.05) is 10.7 Å². The Morgan fingerprint density at radius 3 is 2.96 bits per heavy atom. The predicted molar refractivity (Wildman–Crippen MR) is 87.6 cm³/mol. The number of amides is 1. The van der Waals surface area contributed by atoms with Crippen molar-refractivity contribution in [1.82, 2.24) is 19.9 Å². The summed E-state index contributed by atoms with van der Waals surface area (Å²) < 4.78 is 7.33. The fourth-order valence-electron chi connectivity index (χ4n) is 3.34. The SMILES string of the molecule is CCN1CCCCC(n2nnc3c(OC)c(C(N)=O)ccc32)C1. The molecule has 1 fully saturated rings. The molecular weight excluding hydrogens is 294 g/mol. The van der Waals surface area contributed by atoms with Crippen molar-refractivity contribution in [2.45, 2.75) is 32.2 Å². The first-order valence-electron chi connectivity index (χ1n) is 8.09. The number of rotatable bonds is 4. The van der Waals surface area contributed by atoms with E-state index in [1.54, 1.807) is 6.07 Å². The van der Waals surface area contributed by atoms with Crippen molar-refractivity contribution in [2.75, 3.05) is 26.7 Å². The Hall–Kier alpha value is -2.15. The van der Waals surface area contributed by atoms with E-state index in [2.05, 4.69) is 22.1 Å². The normalized spacial score (nSPS) is 19.7. The lowest BCUT2D eigenvalue weighted by molar-refractivity contribution is 0.0997. The fraction of sp³-hybridized carbons (Fsp3) is 0.562. The number of fused-ring (bicyclic) bond motifs is 1. The summed E-state index contributed by atoms with van der Waals surface area (Å²) in [5.41, 5.74) is 7.22. The maximum absolute atomic E-state index is 11.5. The van der Waals surface area contributed by atoms with Gasteiger partial charge in [0, 0.05) is 6.54 Å². The average molecular weight is 317 g/mol. The number of likely N-dealkylation sites (N-methyl/N-ethyl adjacent to an activating group) is 1. The Labute approximate surface area is 135 Å². The molecule has 7 heteroatoms. The quantitative estimate of drug-likeness (QED) is 0.925. The molecule has 1 aromatic carbocycles. The number of carbonyl (C=O) groups is 1. The van der Waals surface area contributed by atoms with Gasteiger partial charge in [-0.05, 0) is 38.1 Å². The van der Waals surface area contributed by atoms with Gasteiger partial charge in [-0.15, -0.1) is 5.10 Å². The van der Waals surface area contributed by atoms with Crippen molar-refractivity contribution in [1.29, 1.82) is 0 Å². The van der Waals surface area contributed by atoms with E-state index in [0.29, 0.717) is 16.8 Å². The first-order valence-corrected chi connectivity index (χ1v) is 8.09. The second-order valence-electron chi connectivity index (χ2n) is 5.96. The minimum atomic E-state index is -0.523. The minimum absolute atomic E-state index is 0.284. The van der Waals surface area contributed by atoms with Gasteiger partial charge in [-0.3, -0.25) is 4.79 Å². The zero-order valence-electron chi connectivity index (χ0n) is 13.7. The van der Waals surface area contributed by atoms with Crippen LogP contribution in [0.4, 0.5) is 0 Å². The molecular formula is C16H23N5O2. The summed E-state index contributed by atoms with van der Waals surface area (Å²) in [5, 5.41) is 8.60. The summed E-state index contributed by atoms with van der Waals surface area (Å²) in [6, 6.07) is 3.84. The van der Waals surface area contributed by atoms with Crippen LogP contribution in [0.25, 0.3) is 11.0 Å². The lowest BCUT2D eigenvalue weighted by atomic mass is 10.1. The highest BCUT2D eigenvalue weighted by molar-refractivity contribution is 6.01. The van der Waals surface area contributed by atoms with Crippen molar-refractivity contribution in [3.63, 3.8) is 0 Å². The van der Waals surface area contributed by atoms with Crippen LogP contribution in [0.15, 0.2) is 12.1 Å². The molecule has 2 heterocycles. The van der Waals surface area contributed by atoms with E-state index < -0.39 is 5.91 Å². The van der Waals surface area contributed by atoms with Crippen LogP contribution in [0, 0.1) is 0 Å². The van der Waals surface area contributed by atoms with Gasteiger partial charge in [0.25, 0.3) is 5.91 Å². The highest BCUT2D eigenvalue weighted by atomic mass is 16.5. The van der Waals surface area contributed by atoms with Crippen LogP contribution in [0.1, 0.15) is 42.6 Å². The van der Waals surface area contributed by atoms with E-state index in [9.17, 15) is 4.79 Å². The van der Waals surface area contributed by atoms with Gasteiger partial charge >= 0.3 is 0 Å². The summed E-state index contributed by atoms with van der Waals surface area (Å²) in [5.74, 6) is -0.118. The molecule has 1 amide bonds.